The van der Waals surface area contributed by atoms with Crippen LogP contribution in [0.1, 0.15) is 56.9 Å². The van der Waals surface area contributed by atoms with Crippen LogP contribution in [-0.4, -0.2) is 30.1 Å². The van der Waals surface area contributed by atoms with Crippen molar-refractivity contribution in [3.05, 3.63) is 23.8 Å². The largest absolute Gasteiger partial charge is 0.500 e. The number of benzene rings is 1. The number of hydrogen-bond donors (Lipinski definition) is 0. The number of furan rings is 2. The second-order valence-electron chi connectivity index (χ2n) is 6.18. The van der Waals surface area contributed by atoms with Gasteiger partial charge in [-0.25, -0.2) is 0 Å². The van der Waals surface area contributed by atoms with E-state index in [4.69, 9.17) is 17.7 Å². The highest BCUT2D eigenvalue weighted by atomic mass is 28.4. The molecule has 3 rings (SSSR count). The van der Waals surface area contributed by atoms with Crippen molar-refractivity contribution in [2.45, 2.75) is 57.4 Å². The van der Waals surface area contributed by atoms with E-state index in [-0.39, 0.29) is 0 Å². The van der Waals surface area contributed by atoms with Gasteiger partial charge in [0.1, 0.15) is 11.2 Å². The van der Waals surface area contributed by atoms with Crippen LogP contribution in [0, 0.1) is 0 Å². The number of fused-ring (bicyclic) bond motifs is 2. The maximum absolute atomic E-state index is 5.57. The Bertz CT molecular complexity index is 535. The molecule has 23 heavy (non-hydrogen) atoms. The predicted octanol–water partition coefficient (Wildman–Crippen LogP) is 5.19. The van der Waals surface area contributed by atoms with Gasteiger partial charge in [0.15, 0.2) is 0 Å². The van der Waals surface area contributed by atoms with Crippen LogP contribution in [0.25, 0.3) is 11.2 Å². The van der Waals surface area contributed by atoms with Gasteiger partial charge in [-0.1, -0.05) is 32.6 Å². The zero-order valence-corrected chi connectivity index (χ0v) is 15.9. The molecule has 0 spiro atoms. The minimum atomic E-state index is -2.22. The second-order valence-corrected chi connectivity index (χ2v) is 9.27. The normalized spacial score (nSPS) is 16.5. The van der Waals surface area contributed by atoms with Crippen molar-refractivity contribution in [3.8, 4) is 0 Å². The summed E-state index contributed by atoms with van der Waals surface area (Å²) >= 11 is 0. The van der Waals surface area contributed by atoms with Gasteiger partial charge in [0, 0.05) is 32.9 Å². The number of rotatable bonds is 6. The molecule has 1 saturated carbocycles. The molecule has 0 amide bonds. The van der Waals surface area contributed by atoms with Crippen molar-refractivity contribution in [1.29, 1.82) is 0 Å². The fourth-order valence-electron chi connectivity index (χ4n) is 3.40. The topological polar surface area (TPSA) is 40.8 Å². The molecule has 130 valence electrons. The van der Waals surface area contributed by atoms with E-state index in [2.05, 4.69) is 25.1 Å². The molecule has 1 aliphatic rings. The van der Waals surface area contributed by atoms with Crippen LogP contribution in [0.15, 0.2) is 22.6 Å². The van der Waals surface area contributed by atoms with Crippen LogP contribution < -0.4 is 0 Å². The Morgan fingerprint density at radius 3 is 2.09 bits per heavy atom. The molecule has 0 aromatic carbocycles. The molecular weight excluding hydrogens is 308 g/mol. The van der Waals surface area contributed by atoms with Crippen molar-refractivity contribution in [2.24, 2.45) is 0 Å². The van der Waals surface area contributed by atoms with E-state index < -0.39 is 8.80 Å². The Labute approximate surface area is 140 Å². The Morgan fingerprint density at radius 2 is 1.70 bits per heavy atom. The first-order valence-electron chi connectivity index (χ1n) is 8.65. The molecule has 2 heterocycles. The summed E-state index contributed by atoms with van der Waals surface area (Å²) in [5.41, 5.74) is 3.65. The first-order valence-corrected chi connectivity index (χ1v) is 10.6. The molecule has 0 radical (unpaired) electrons. The van der Waals surface area contributed by atoms with Crippen LogP contribution in [0.5, 0.6) is 0 Å². The second kappa shape index (κ2) is 8.83. The van der Waals surface area contributed by atoms with E-state index in [1.165, 1.54) is 37.7 Å². The van der Waals surface area contributed by atoms with Gasteiger partial charge in [-0.15, -0.1) is 0 Å². The van der Waals surface area contributed by atoms with E-state index in [9.17, 15) is 0 Å². The lowest BCUT2D eigenvalue weighted by atomic mass is 9.84. The van der Waals surface area contributed by atoms with E-state index in [0.29, 0.717) is 0 Å². The lowest BCUT2D eigenvalue weighted by molar-refractivity contribution is 0.123. The van der Waals surface area contributed by atoms with Gasteiger partial charge in [-0.3, -0.25) is 0 Å². The minimum Gasteiger partial charge on any atom is -0.457 e. The van der Waals surface area contributed by atoms with Crippen LogP contribution >= 0.6 is 0 Å². The molecule has 0 atom stereocenters. The summed E-state index contributed by atoms with van der Waals surface area (Å²) < 4.78 is 21.1. The van der Waals surface area contributed by atoms with Gasteiger partial charge in [0.05, 0.1) is 0 Å². The van der Waals surface area contributed by atoms with Crippen LogP contribution in [0.2, 0.25) is 6.04 Å². The molecule has 0 saturated heterocycles. The van der Waals surface area contributed by atoms with Gasteiger partial charge in [-0.05, 0) is 37.0 Å². The van der Waals surface area contributed by atoms with Gasteiger partial charge in [0.25, 0.3) is 0 Å². The summed E-state index contributed by atoms with van der Waals surface area (Å²) in [6, 6.07) is 7.28. The van der Waals surface area contributed by atoms with Crippen LogP contribution in [0.4, 0.5) is 0 Å². The number of hydrogen-bond acceptors (Lipinski definition) is 4. The molecule has 1 aliphatic carbocycles. The molecule has 0 unspecified atom stereocenters. The summed E-state index contributed by atoms with van der Waals surface area (Å²) in [7, 11) is 2.68. The Morgan fingerprint density at radius 1 is 1.04 bits per heavy atom. The summed E-state index contributed by atoms with van der Waals surface area (Å²) in [5.74, 6) is 0.784. The van der Waals surface area contributed by atoms with E-state index >= 15 is 0 Å². The summed E-state index contributed by atoms with van der Waals surface area (Å²) in [6.45, 7) is 2.08. The van der Waals surface area contributed by atoms with Crippen molar-refractivity contribution in [2.75, 3.05) is 21.3 Å². The maximum atomic E-state index is 5.57. The Kier molecular flexibility index (Phi) is 7.08. The van der Waals surface area contributed by atoms with Gasteiger partial charge in [-0.2, -0.15) is 0 Å². The maximum Gasteiger partial charge on any atom is 0.500 e. The molecule has 2 aromatic heterocycles. The van der Waals surface area contributed by atoms with Crippen molar-refractivity contribution < 1.29 is 17.7 Å². The molecule has 0 aliphatic heterocycles. The predicted molar refractivity (Wildman–Crippen MR) is 95.1 cm³/mol. The molecule has 2 bridgehead atoms. The van der Waals surface area contributed by atoms with Gasteiger partial charge >= 0.3 is 8.80 Å². The van der Waals surface area contributed by atoms with Crippen molar-refractivity contribution >= 4 is 20.0 Å². The molecule has 0 N–H and O–H groups in total. The fourth-order valence-corrected chi connectivity index (χ4v) is 5.13. The quantitative estimate of drug-likeness (QED) is 0.679. The van der Waals surface area contributed by atoms with Gasteiger partial charge in [0.2, 0.25) is 0 Å². The fraction of sp³-hybridized carbons (Fsp3) is 0.667. The zero-order valence-electron chi connectivity index (χ0n) is 14.9. The van der Waals surface area contributed by atoms with E-state index in [1.54, 1.807) is 21.3 Å². The van der Waals surface area contributed by atoms with Crippen molar-refractivity contribution in [3.63, 3.8) is 0 Å². The molecule has 1 fully saturated rings. The molecule has 4 nitrogen and oxygen atoms in total. The average molecular weight is 339 g/mol. The van der Waals surface area contributed by atoms with Crippen molar-refractivity contribution in [1.82, 2.24) is 0 Å². The molecule has 5 heteroatoms. The molecular formula is C18H30O4Si. The highest BCUT2D eigenvalue weighted by Crippen LogP contribution is 2.37. The minimum absolute atomic E-state index is 0.784. The summed E-state index contributed by atoms with van der Waals surface area (Å²) in [6.07, 6.45) is 7.97. The third-order valence-corrected chi connectivity index (χ3v) is 7.72. The van der Waals surface area contributed by atoms with E-state index in [0.717, 1.165) is 29.5 Å². The third kappa shape index (κ3) is 4.56. The summed E-state index contributed by atoms with van der Waals surface area (Å²) in [5, 5.41) is 0. The third-order valence-electron chi connectivity index (χ3n) is 4.74. The molecule has 2 aromatic rings. The highest BCUT2D eigenvalue weighted by Gasteiger charge is 2.36. The summed E-state index contributed by atoms with van der Waals surface area (Å²) in [4.78, 5) is 0. The van der Waals surface area contributed by atoms with E-state index in [1.807, 2.05) is 0 Å². The van der Waals surface area contributed by atoms with Crippen LogP contribution in [0.3, 0.4) is 0 Å². The lowest BCUT2D eigenvalue weighted by Gasteiger charge is -2.23. The van der Waals surface area contributed by atoms with Gasteiger partial charge < -0.3 is 17.7 Å². The zero-order chi connectivity index (χ0) is 16.7. The smallest absolute Gasteiger partial charge is 0.457 e. The Hall–Kier alpha value is -0.883. The average Bonchev–Trinajstić information content (AvgIpc) is 3.25. The first kappa shape index (κ1) is 18.5. The lowest BCUT2D eigenvalue weighted by Crippen LogP contribution is -2.42. The Balaban J connectivity index is 0.000000175. The first-order chi connectivity index (χ1) is 11.2. The standard InChI is InChI=1S/C12H14O.C6H16O3Si/c1-2-4-9(5-3-1)11-8-10-6-7-12(11)13-10;1-5-6-10(7-2,8-3)9-4/h6-9H,1-5H2;5-6H2,1-4H3. The monoisotopic (exact) mass is 338 g/mol. The van der Waals surface area contributed by atoms with Crippen LogP contribution in [-0.2, 0) is 13.3 Å². The highest BCUT2D eigenvalue weighted by molar-refractivity contribution is 6.60. The SMILES string of the molecule is CCC[Si](OC)(OC)OC.c1cc2oc1cc2C1CCCCC1.